The number of fused-ring (bicyclic) bond motifs is 1. The van der Waals surface area contributed by atoms with Crippen molar-refractivity contribution in [2.45, 2.75) is 26.8 Å². The van der Waals surface area contributed by atoms with Crippen molar-refractivity contribution in [3.63, 3.8) is 0 Å². The first kappa shape index (κ1) is 19.3. The highest BCUT2D eigenvalue weighted by molar-refractivity contribution is 5.77. The second kappa shape index (κ2) is 8.03. The van der Waals surface area contributed by atoms with Gasteiger partial charge in [-0.15, -0.1) is 0 Å². The lowest BCUT2D eigenvalue weighted by molar-refractivity contribution is -0.877. The summed E-state index contributed by atoms with van der Waals surface area (Å²) in [7, 11) is 4.30. The predicted octanol–water partition coefficient (Wildman–Crippen LogP) is 0.771. The van der Waals surface area contributed by atoms with Crippen LogP contribution < -0.4 is 15.8 Å². The number of nitrogens with zero attached hydrogens (tertiary/aromatic N) is 2. The third-order valence-corrected chi connectivity index (χ3v) is 5.12. The van der Waals surface area contributed by atoms with Crippen LogP contribution in [0.5, 0.6) is 0 Å². The Morgan fingerprint density at radius 3 is 2.56 bits per heavy atom. The van der Waals surface area contributed by atoms with Gasteiger partial charge in [-0.2, -0.15) is 0 Å². The molecule has 27 heavy (non-hydrogen) atoms. The fourth-order valence-electron chi connectivity index (χ4n) is 3.30. The van der Waals surface area contributed by atoms with E-state index in [9.17, 15) is 4.79 Å². The minimum absolute atomic E-state index is 0.00247. The van der Waals surface area contributed by atoms with Gasteiger partial charge in [0.15, 0.2) is 5.82 Å². The Morgan fingerprint density at radius 1 is 1.11 bits per heavy atom. The molecule has 1 heterocycles. The molecule has 0 aliphatic heterocycles. The van der Waals surface area contributed by atoms with Gasteiger partial charge in [0.25, 0.3) is 5.56 Å². The zero-order valence-electron chi connectivity index (χ0n) is 16.9. The smallest absolute Gasteiger partial charge is 0.266 e. The van der Waals surface area contributed by atoms with Crippen molar-refractivity contribution < 1.29 is 10.2 Å². The first-order valence-corrected chi connectivity index (χ1v) is 9.60. The van der Waals surface area contributed by atoms with E-state index >= 15 is 0 Å². The number of likely N-dealkylation sites (N-methyl/N-ethyl adjacent to an activating group) is 1. The molecular weight excluding hydrogens is 336 g/mol. The van der Waals surface area contributed by atoms with Gasteiger partial charge in [0.1, 0.15) is 19.1 Å². The Labute approximate surface area is 160 Å². The lowest BCUT2D eigenvalue weighted by Gasteiger charge is -2.18. The molecular formula is C22H30N4O+2. The van der Waals surface area contributed by atoms with E-state index in [2.05, 4.69) is 52.3 Å². The number of para-hydroxylation sites is 1. The van der Waals surface area contributed by atoms with Gasteiger partial charge >= 0.3 is 0 Å². The van der Waals surface area contributed by atoms with Gasteiger partial charge in [-0.1, -0.05) is 18.2 Å². The van der Waals surface area contributed by atoms with Crippen molar-refractivity contribution in [3.8, 4) is 5.69 Å². The number of hydrogen-bond donors (Lipinski definition) is 2. The molecule has 2 aromatic carbocycles. The van der Waals surface area contributed by atoms with E-state index in [1.165, 1.54) is 16.0 Å². The summed E-state index contributed by atoms with van der Waals surface area (Å²) in [6.07, 6.45) is 0. The number of hydrogen-bond acceptors (Lipinski definition) is 2. The SMILES string of the molecule is Cc1ccc(-n2c([C@H](C)[NH2+]CC[NH+](C)C)nc3ccccc3c2=O)cc1C. The maximum atomic E-state index is 13.3. The first-order chi connectivity index (χ1) is 12.9. The molecule has 0 unspecified atom stereocenters. The largest absolute Gasteiger partial charge is 0.335 e. The third kappa shape index (κ3) is 4.10. The molecule has 1 atom stereocenters. The monoisotopic (exact) mass is 366 g/mol. The molecule has 0 spiro atoms. The minimum atomic E-state index is -0.00247. The van der Waals surface area contributed by atoms with E-state index in [-0.39, 0.29) is 11.6 Å². The zero-order valence-corrected chi connectivity index (χ0v) is 16.9. The molecule has 0 saturated heterocycles. The summed E-state index contributed by atoms with van der Waals surface area (Å²) < 4.78 is 1.79. The van der Waals surface area contributed by atoms with Crippen LogP contribution in [-0.4, -0.2) is 36.7 Å². The van der Waals surface area contributed by atoms with E-state index in [0.717, 1.165) is 30.1 Å². The average molecular weight is 367 g/mol. The van der Waals surface area contributed by atoms with Crippen LogP contribution in [0.15, 0.2) is 47.3 Å². The summed E-state index contributed by atoms with van der Waals surface area (Å²) in [5, 5.41) is 2.92. The number of rotatable bonds is 6. The molecule has 3 N–H and O–H groups in total. The Bertz CT molecular complexity index is 1010. The second-order valence-electron chi connectivity index (χ2n) is 7.67. The molecule has 0 aliphatic carbocycles. The number of quaternary nitrogens is 2. The Morgan fingerprint density at radius 2 is 1.85 bits per heavy atom. The third-order valence-electron chi connectivity index (χ3n) is 5.12. The minimum Gasteiger partial charge on any atom is -0.335 e. The molecule has 1 aromatic heterocycles. The highest BCUT2D eigenvalue weighted by Crippen LogP contribution is 2.18. The van der Waals surface area contributed by atoms with Gasteiger partial charge in [0.2, 0.25) is 0 Å². The van der Waals surface area contributed by atoms with Crippen LogP contribution >= 0.6 is 0 Å². The van der Waals surface area contributed by atoms with Crippen molar-refractivity contribution in [3.05, 3.63) is 69.8 Å². The molecule has 142 valence electrons. The van der Waals surface area contributed by atoms with Gasteiger partial charge < -0.3 is 10.2 Å². The van der Waals surface area contributed by atoms with Crippen LogP contribution in [0.25, 0.3) is 16.6 Å². The summed E-state index contributed by atoms with van der Waals surface area (Å²) >= 11 is 0. The molecule has 0 saturated carbocycles. The van der Waals surface area contributed by atoms with Gasteiger partial charge in [-0.3, -0.25) is 9.36 Å². The molecule has 0 fully saturated rings. The molecule has 5 heteroatoms. The van der Waals surface area contributed by atoms with Crippen molar-refractivity contribution >= 4 is 10.9 Å². The Kier molecular flexibility index (Phi) is 5.73. The molecule has 3 rings (SSSR count). The second-order valence-corrected chi connectivity index (χ2v) is 7.67. The topological polar surface area (TPSA) is 55.9 Å². The fraction of sp³-hybridized carbons (Fsp3) is 0.364. The van der Waals surface area contributed by atoms with Crippen LogP contribution in [-0.2, 0) is 0 Å². The molecule has 3 aromatic rings. The van der Waals surface area contributed by atoms with Gasteiger partial charge in [-0.05, 0) is 56.2 Å². The van der Waals surface area contributed by atoms with Crippen molar-refractivity contribution in [2.75, 3.05) is 27.2 Å². The van der Waals surface area contributed by atoms with Crippen LogP contribution in [0, 0.1) is 13.8 Å². The first-order valence-electron chi connectivity index (χ1n) is 9.60. The summed E-state index contributed by atoms with van der Waals surface area (Å²) in [6.45, 7) is 8.33. The number of aromatic nitrogens is 2. The van der Waals surface area contributed by atoms with E-state index in [4.69, 9.17) is 4.98 Å². The van der Waals surface area contributed by atoms with Crippen LogP contribution in [0.3, 0.4) is 0 Å². The predicted molar refractivity (Wildman–Crippen MR) is 110 cm³/mol. The van der Waals surface area contributed by atoms with Gasteiger partial charge in [-0.25, -0.2) is 4.98 Å². The van der Waals surface area contributed by atoms with Crippen LogP contribution in [0.1, 0.15) is 29.9 Å². The van der Waals surface area contributed by atoms with Gasteiger partial charge in [0, 0.05) is 0 Å². The summed E-state index contributed by atoms with van der Waals surface area (Å²) in [6, 6.07) is 13.8. The zero-order chi connectivity index (χ0) is 19.6. The summed E-state index contributed by atoms with van der Waals surface area (Å²) in [5.41, 5.74) is 4.03. The molecule has 0 bridgehead atoms. The van der Waals surface area contributed by atoms with Crippen molar-refractivity contribution in [1.82, 2.24) is 9.55 Å². The Hall–Kier alpha value is -2.50. The highest BCUT2D eigenvalue weighted by atomic mass is 16.1. The number of nitrogens with one attached hydrogen (secondary N) is 1. The number of benzene rings is 2. The van der Waals surface area contributed by atoms with E-state index < -0.39 is 0 Å². The molecule has 0 radical (unpaired) electrons. The molecule has 0 aliphatic rings. The number of aryl methyl sites for hydroxylation is 2. The summed E-state index contributed by atoms with van der Waals surface area (Å²) in [4.78, 5) is 19.6. The molecule has 0 amide bonds. The lowest BCUT2D eigenvalue weighted by atomic mass is 10.1. The van der Waals surface area contributed by atoms with E-state index in [1.54, 1.807) is 4.57 Å². The summed E-state index contributed by atoms with van der Waals surface area (Å²) in [5.74, 6) is 0.802. The van der Waals surface area contributed by atoms with E-state index in [1.807, 2.05) is 30.3 Å². The van der Waals surface area contributed by atoms with Crippen molar-refractivity contribution in [1.29, 1.82) is 0 Å². The highest BCUT2D eigenvalue weighted by Gasteiger charge is 2.20. The van der Waals surface area contributed by atoms with Crippen LogP contribution in [0.4, 0.5) is 0 Å². The van der Waals surface area contributed by atoms with Gasteiger partial charge in [0.05, 0.1) is 30.7 Å². The average Bonchev–Trinajstić information content (AvgIpc) is 2.63. The quantitative estimate of drug-likeness (QED) is 0.677. The van der Waals surface area contributed by atoms with Crippen LogP contribution in [0.2, 0.25) is 0 Å². The maximum Gasteiger partial charge on any atom is 0.266 e. The normalized spacial score (nSPS) is 12.7. The van der Waals surface area contributed by atoms with Crippen molar-refractivity contribution in [2.24, 2.45) is 0 Å². The molecule has 5 nitrogen and oxygen atoms in total. The standard InChI is InChI=1S/C22H28N4O/c1-15-10-11-18(14-16(15)2)26-21(17(3)23-12-13-25(4)5)24-20-9-7-6-8-19(20)22(26)27/h6-11,14,17,23H,12-13H2,1-5H3/p+2/t17-/m0/s1. The number of nitrogens with two attached hydrogens (primary N) is 1. The van der Waals surface area contributed by atoms with E-state index in [0.29, 0.717) is 5.39 Å². The lowest BCUT2D eigenvalue weighted by Crippen LogP contribution is -3.09. The fourth-order valence-corrected chi connectivity index (χ4v) is 3.30. The Balaban J connectivity index is 2.15. The maximum absolute atomic E-state index is 13.3.